The Morgan fingerprint density at radius 1 is 1.67 bits per heavy atom. The van der Waals surface area contributed by atoms with Crippen LogP contribution >= 0.6 is 0 Å². The van der Waals surface area contributed by atoms with Crippen molar-refractivity contribution in [3.8, 4) is 0 Å². The van der Waals surface area contributed by atoms with E-state index in [9.17, 15) is 0 Å². The van der Waals surface area contributed by atoms with Crippen LogP contribution in [-0.4, -0.2) is 47.3 Å². The highest BCUT2D eigenvalue weighted by Crippen LogP contribution is 2.20. The largest absolute Gasteiger partial charge is 0.373 e. The van der Waals surface area contributed by atoms with Gasteiger partial charge in [0.05, 0.1) is 12.7 Å². The quantitative estimate of drug-likeness (QED) is 0.576. The van der Waals surface area contributed by atoms with Crippen LogP contribution in [0, 0.1) is 0 Å². The number of hydrogen-bond acceptors (Lipinski definition) is 5. The molecule has 0 aromatic carbocycles. The molecule has 6 heteroatoms. The summed E-state index contributed by atoms with van der Waals surface area (Å²) in [5.74, 6) is 6.66. The lowest BCUT2D eigenvalue weighted by Crippen LogP contribution is -2.49. The first-order valence-corrected chi connectivity index (χ1v) is 6.53. The molecule has 0 bridgehead atoms. The maximum Gasteiger partial charge on any atom is 0.129 e. The van der Waals surface area contributed by atoms with Gasteiger partial charge in [-0.1, -0.05) is 6.92 Å². The van der Waals surface area contributed by atoms with E-state index in [2.05, 4.69) is 33.8 Å². The van der Waals surface area contributed by atoms with Gasteiger partial charge in [-0.15, -0.1) is 0 Å². The summed E-state index contributed by atoms with van der Waals surface area (Å²) in [5, 5.41) is 0. The zero-order valence-electron chi connectivity index (χ0n) is 11.2. The maximum atomic E-state index is 5.82. The van der Waals surface area contributed by atoms with Crippen molar-refractivity contribution in [1.82, 2.24) is 19.9 Å². The molecule has 1 aliphatic rings. The van der Waals surface area contributed by atoms with E-state index in [1.54, 1.807) is 0 Å². The van der Waals surface area contributed by atoms with Crippen LogP contribution in [0.25, 0.3) is 0 Å². The van der Waals surface area contributed by atoms with E-state index in [0.717, 1.165) is 38.5 Å². The summed E-state index contributed by atoms with van der Waals surface area (Å²) >= 11 is 0. The summed E-state index contributed by atoms with van der Waals surface area (Å²) in [6, 6.07) is -0.0608. The van der Waals surface area contributed by atoms with E-state index >= 15 is 0 Å². The molecule has 1 aromatic heterocycles. The van der Waals surface area contributed by atoms with Crippen LogP contribution in [0.15, 0.2) is 12.4 Å². The van der Waals surface area contributed by atoms with Gasteiger partial charge in [0, 0.05) is 32.0 Å². The zero-order valence-corrected chi connectivity index (χ0v) is 11.2. The Hall–Kier alpha value is -0.950. The normalized spacial score (nSPS) is 23.2. The Kier molecular flexibility index (Phi) is 4.71. The predicted molar refractivity (Wildman–Crippen MR) is 69.8 cm³/mol. The monoisotopic (exact) mass is 253 g/mol. The fraction of sp³-hybridized carbons (Fsp3) is 0.750. The van der Waals surface area contributed by atoms with Crippen molar-refractivity contribution >= 4 is 0 Å². The van der Waals surface area contributed by atoms with Crippen LogP contribution in [0.5, 0.6) is 0 Å². The third-order valence-electron chi connectivity index (χ3n) is 3.34. The number of nitrogens with zero attached hydrogens (tertiary/aromatic N) is 3. The van der Waals surface area contributed by atoms with Gasteiger partial charge in [-0.2, -0.15) is 0 Å². The Morgan fingerprint density at radius 2 is 2.50 bits per heavy atom. The van der Waals surface area contributed by atoms with Crippen molar-refractivity contribution < 1.29 is 4.74 Å². The van der Waals surface area contributed by atoms with Gasteiger partial charge >= 0.3 is 0 Å². The Balaban J connectivity index is 2.13. The first-order chi connectivity index (χ1) is 8.76. The van der Waals surface area contributed by atoms with Gasteiger partial charge in [0.2, 0.25) is 0 Å². The molecule has 2 atom stereocenters. The molecule has 3 N–H and O–H groups in total. The molecule has 1 saturated heterocycles. The highest BCUT2D eigenvalue weighted by molar-refractivity contribution is 5.03. The molecule has 6 nitrogen and oxygen atoms in total. The van der Waals surface area contributed by atoms with Crippen molar-refractivity contribution in [3.05, 3.63) is 18.2 Å². The van der Waals surface area contributed by atoms with E-state index < -0.39 is 0 Å². The van der Waals surface area contributed by atoms with Crippen molar-refractivity contribution in [2.24, 2.45) is 5.84 Å². The molecule has 0 aliphatic carbocycles. The minimum atomic E-state index is -0.0608. The van der Waals surface area contributed by atoms with E-state index in [1.165, 1.54) is 0 Å². The van der Waals surface area contributed by atoms with Gasteiger partial charge in [-0.25, -0.2) is 10.4 Å². The number of ether oxygens (including phenoxy) is 1. The number of aryl methyl sites for hydroxylation is 1. The molecule has 1 aliphatic heterocycles. The summed E-state index contributed by atoms with van der Waals surface area (Å²) in [7, 11) is 2.10. The Bertz CT molecular complexity index is 367. The number of likely N-dealkylation sites (N-methyl/N-ethyl adjacent to an activating group) is 1. The van der Waals surface area contributed by atoms with Crippen molar-refractivity contribution in [2.45, 2.75) is 32.0 Å². The highest BCUT2D eigenvalue weighted by Gasteiger charge is 2.30. The molecular formula is C12H23N5O. The zero-order chi connectivity index (χ0) is 13.0. The number of rotatable bonds is 5. The first-order valence-electron chi connectivity index (χ1n) is 6.53. The van der Waals surface area contributed by atoms with Crippen molar-refractivity contribution in [1.29, 1.82) is 0 Å². The summed E-state index contributed by atoms with van der Waals surface area (Å²) in [4.78, 5) is 6.68. The molecule has 1 aromatic rings. The second kappa shape index (κ2) is 6.29. The number of nitrogens with one attached hydrogen (secondary N) is 1. The van der Waals surface area contributed by atoms with E-state index in [-0.39, 0.29) is 12.1 Å². The second-order valence-electron chi connectivity index (χ2n) is 4.79. The summed E-state index contributed by atoms with van der Waals surface area (Å²) < 4.78 is 7.96. The molecule has 18 heavy (non-hydrogen) atoms. The average molecular weight is 253 g/mol. The number of morpholine rings is 1. The highest BCUT2D eigenvalue weighted by atomic mass is 16.5. The van der Waals surface area contributed by atoms with Gasteiger partial charge in [0.1, 0.15) is 11.9 Å². The van der Waals surface area contributed by atoms with Crippen LogP contribution in [0.4, 0.5) is 0 Å². The Morgan fingerprint density at radius 3 is 3.17 bits per heavy atom. The van der Waals surface area contributed by atoms with Gasteiger partial charge in [-0.05, 0) is 13.5 Å². The summed E-state index contributed by atoms with van der Waals surface area (Å²) in [6.07, 6.45) is 4.94. The van der Waals surface area contributed by atoms with Gasteiger partial charge < -0.3 is 14.2 Å². The van der Waals surface area contributed by atoms with Crippen molar-refractivity contribution in [2.75, 3.05) is 26.7 Å². The average Bonchev–Trinajstić information content (AvgIpc) is 2.79. The lowest BCUT2D eigenvalue weighted by molar-refractivity contribution is -0.0413. The van der Waals surface area contributed by atoms with Crippen LogP contribution in [0.3, 0.4) is 0 Å². The molecule has 102 valence electrons. The minimum Gasteiger partial charge on any atom is -0.373 e. The Labute approximate surface area is 108 Å². The summed E-state index contributed by atoms with van der Waals surface area (Å²) in [6.45, 7) is 5.69. The lowest BCUT2D eigenvalue weighted by atomic mass is 10.1. The second-order valence-corrected chi connectivity index (χ2v) is 4.79. The molecule has 1 fully saturated rings. The molecule has 2 unspecified atom stereocenters. The fourth-order valence-corrected chi connectivity index (χ4v) is 2.39. The number of hydrogen-bond donors (Lipinski definition) is 2. The predicted octanol–water partition coefficient (Wildman–Crippen LogP) is 0.128. The number of nitrogens with two attached hydrogens (primary N) is 1. The molecule has 0 saturated carbocycles. The standard InChI is InChI=1S/C12H23N5O/c1-3-5-17-6-4-14-12(17)11(15-13)10-9-16(2)7-8-18-10/h4,6,10-11,15H,3,5,7-9,13H2,1-2H3. The summed E-state index contributed by atoms with van der Waals surface area (Å²) in [5.41, 5.74) is 2.86. The number of imidazole rings is 1. The SMILES string of the molecule is CCCn1ccnc1C(NN)C1CN(C)CCO1. The molecule has 2 rings (SSSR count). The van der Waals surface area contributed by atoms with E-state index in [4.69, 9.17) is 10.6 Å². The maximum absolute atomic E-state index is 5.82. The van der Waals surface area contributed by atoms with Crippen LogP contribution < -0.4 is 11.3 Å². The topological polar surface area (TPSA) is 68.3 Å². The fourth-order valence-electron chi connectivity index (χ4n) is 2.39. The molecular weight excluding hydrogens is 230 g/mol. The van der Waals surface area contributed by atoms with Crippen LogP contribution in [0.2, 0.25) is 0 Å². The number of aromatic nitrogens is 2. The first kappa shape index (κ1) is 13.5. The van der Waals surface area contributed by atoms with Crippen LogP contribution in [-0.2, 0) is 11.3 Å². The minimum absolute atomic E-state index is 0.0479. The molecule has 0 spiro atoms. The van der Waals surface area contributed by atoms with Gasteiger partial charge in [-0.3, -0.25) is 5.84 Å². The van der Waals surface area contributed by atoms with Crippen molar-refractivity contribution in [3.63, 3.8) is 0 Å². The smallest absolute Gasteiger partial charge is 0.129 e. The molecule has 0 radical (unpaired) electrons. The van der Waals surface area contributed by atoms with E-state index in [0.29, 0.717) is 0 Å². The number of hydrazine groups is 1. The third kappa shape index (κ3) is 2.89. The third-order valence-corrected chi connectivity index (χ3v) is 3.34. The van der Waals surface area contributed by atoms with Gasteiger partial charge in [0.25, 0.3) is 0 Å². The molecule has 0 amide bonds. The van der Waals surface area contributed by atoms with E-state index in [1.807, 2.05) is 12.4 Å². The van der Waals surface area contributed by atoms with Gasteiger partial charge in [0.15, 0.2) is 0 Å². The van der Waals surface area contributed by atoms with Crippen LogP contribution in [0.1, 0.15) is 25.2 Å². The molecule has 2 heterocycles. The lowest BCUT2D eigenvalue weighted by Gasteiger charge is -2.34.